The molecule has 1 aromatic carbocycles. The first kappa shape index (κ1) is 14.5. The second-order valence-electron chi connectivity index (χ2n) is 5.51. The van der Waals surface area contributed by atoms with Gasteiger partial charge in [0.1, 0.15) is 0 Å². The van der Waals surface area contributed by atoms with Crippen LogP contribution in [0.2, 0.25) is 0 Å². The molecule has 0 saturated heterocycles. The van der Waals surface area contributed by atoms with Crippen molar-refractivity contribution in [3.8, 4) is 0 Å². The van der Waals surface area contributed by atoms with Gasteiger partial charge in [-0.2, -0.15) is 0 Å². The van der Waals surface area contributed by atoms with Crippen LogP contribution in [0.25, 0.3) is 0 Å². The van der Waals surface area contributed by atoms with Crippen LogP contribution in [0.15, 0.2) is 24.3 Å². The largest absolute Gasteiger partial charge is 0.391 e. The molecule has 1 aromatic heterocycles. The molecule has 112 valence electrons. The Morgan fingerprint density at radius 3 is 3.00 bits per heavy atom. The van der Waals surface area contributed by atoms with Crippen LogP contribution >= 0.6 is 11.3 Å². The Morgan fingerprint density at radius 1 is 1.43 bits per heavy atom. The number of hydrogen-bond acceptors (Lipinski definition) is 5. The van der Waals surface area contributed by atoms with E-state index in [0.29, 0.717) is 12.5 Å². The molecule has 1 aliphatic rings. The van der Waals surface area contributed by atoms with Crippen LogP contribution in [0.5, 0.6) is 0 Å². The highest BCUT2D eigenvalue weighted by Crippen LogP contribution is 2.38. The second-order valence-corrected chi connectivity index (χ2v) is 6.57. The van der Waals surface area contributed by atoms with Gasteiger partial charge in [0.2, 0.25) is 0 Å². The van der Waals surface area contributed by atoms with Gasteiger partial charge >= 0.3 is 0 Å². The fourth-order valence-corrected chi connectivity index (χ4v) is 3.78. The van der Waals surface area contributed by atoms with Crippen molar-refractivity contribution in [1.29, 1.82) is 0 Å². The Bertz CT molecular complexity index is 626. The van der Waals surface area contributed by atoms with E-state index in [0.717, 1.165) is 28.7 Å². The van der Waals surface area contributed by atoms with Gasteiger partial charge < -0.3 is 14.7 Å². The number of thiazole rings is 1. The molecule has 3 rings (SSSR count). The number of ether oxygens (including phenoxy) is 1. The topological polar surface area (TPSA) is 45.6 Å². The van der Waals surface area contributed by atoms with Crippen molar-refractivity contribution >= 4 is 22.2 Å². The molecule has 1 atom stereocenters. The van der Waals surface area contributed by atoms with Gasteiger partial charge in [0.25, 0.3) is 0 Å². The van der Waals surface area contributed by atoms with E-state index < -0.39 is 0 Å². The van der Waals surface area contributed by atoms with Gasteiger partial charge in [0.15, 0.2) is 5.13 Å². The molecule has 0 fully saturated rings. The number of rotatable bonds is 4. The minimum Gasteiger partial charge on any atom is -0.391 e. The SMILES string of the molecule is COCc1nc(N2CC(C)Cc3ccccc32)sc1CO. The molecule has 0 amide bonds. The summed E-state index contributed by atoms with van der Waals surface area (Å²) in [5, 5.41) is 10.4. The summed E-state index contributed by atoms with van der Waals surface area (Å²) in [6.45, 7) is 3.68. The van der Waals surface area contributed by atoms with Crippen molar-refractivity contribution in [2.45, 2.75) is 26.6 Å². The normalized spacial score (nSPS) is 17.9. The van der Waals surface area contributed by atoms with Crippen LogP contribution in [-0.2, 0) is 24.4 Å². The molecule has 1 unspecified atom stereocenters. The number of methoxy groups -OCH3 is 1. The van der Waals surface area contributed by atoms with Crippen molar-refractivity contribution in [2.24, 2.45) is 5.92 Å². The lowest BCUT2D eigenvalue weighted by molar-refractivity contribution is 0.179. The maximum absolute atomic E-state index is 9.50. The lowest BCUT2D eigenvalue weighted by Gasteiger charge is -2.32. The van der Waals surface area contributed by atoms with Gasteiger partial charge in [0, 0.05) is 19.3 Å². The lowest BCUT2D eigenvalue weighted by Crippen LogP contribution is -2.30. The van der Waals surface area contributed by atoms with Crippen molar-refractivity contribution in [3.05, 3.63) is 40.4 Å². The van der Waals surface area contributed by atoms with Crippen molar-refractivity contribution < 1.29 is 9.84 Å². The Morgan fingerprint density at radius 2 is 2.24 bits per heavy atom. The highest BCUT2D eigenvalue weighted by molar-refractivity contribution is 7.15. The van der Waals surface area contributed by atoms with Crippen LogP contribution in [0, 0.1) is 5.92 Å². The molecular formula is C16H20N2O2S. The molecule has 0 spiro atoms. The summed E-state index contributed by atoms with van der Waals surface area (Å²) >= 11 is 1.56. The molecule has 0 aliphatic carbocycles. The maximum Gasteiger partial charge on any atom is 0.190 e. The number of fused-ring (bicyclic) bond motifs is 1. The molecule has 5 heteroatoms. The van der Waals surface area contributed by atoms with Crippen LogP contribution in [-0.4, -0.2) is 23.7 Å². The third kappa shape index (κ3) is 2.81. The Hall–Kier alpha value is -1.43. The predicted molar refractivity (Wildman–Crippen MR) is 85.1 cm³/mol. The van der Waals surface area contributed by atoms with E-state index in [9.17, 15) is 5.11 Å². The molecule has 2 aromatic rings. The summed E-state index contributed by atoms with van der Waals surface area (Å²) in [5.74, 6) is 0.590. The van der Waals surface area contributed by atoms with Gasteiger partial charge in [0.05, 0.1) is 23.8 Å². The number of anilines is 2. The summed E-state index contributed by atoms with van der Waals surface area (Å²) in [6.07, 6.45) is 1.11. The number of aliphatic hydroxyl groups excluding tert-OH is 1. The summed E-state index contributed by atoms with van der Waals surface area (Å²) in [7, 11) is 1.65. The zero-order chi connectivity index (χ0) is 14.8. The van der Waals surface area contributed by atoms with Crippen LogP contribution in [0.1, 0.15) is 23.1 Å². The minimum atomic E-state index is 0.0153. The van der Waals surface area contributed by atoms with Crippen LogP contribution in [0.4, 0.5) is 10.8 Å². The van der Waals surface area contributed by atoms with Gasteiger partial charge in [-0.05, 0) is 24.0 Å². The van der Waals surface area contributed by atoms with Crippen molar-refractivity contribution in [3.63, 3.8) is 0 Å². The Labute approximate surface area is 129 Å². The molecule has 4 nitrogen and oxygen atoms in total. The Balaban J connectivity index is 2.00. The maximum atomic E-state index is 9.50. The average Bonchev–Trinajstić information content (AvgIpc) is 2.89. The van der Waals surface area contributed by atoms with Gasteiger partial charge in [-0.25, -0.2) is 4.98 Å². The third-order valence-electron chi connectivity index (χ3n) is 3.77. The monoisotopic (exact) mass is 304 g/mol. The molecular weight excluding hydrogens is 284 g/mol. The lowest BCUT2D eigenvalue weighted by atomic mass is 9.94. The van der Waals surface area contributed by atoms with Gasteiger partial charge in [-0.1, -0.05) is 36.5 Å². The first-order valence-electron chi connectivity index (χ1n) is 7.16. The van der Waals surface area contributed by atoms with Gasteiger partial charge in [-0.3, -0.25) is 0 Å². The number of hydrogen-bond donors (Lipinski definition) is 1. The summed E-state index contributed by atoms with van der Waals surface area (Å²) in [6, 6.07) is 8.50. The smallest absolute Gasteiger partial charge is 0.190 e. The summed E-state index contributed by atoms with van der Waals surface area (Å²) < 4.78 is 5.18. The number of benzene rings is 1. The first-order valence-corrected chi connectivity index (χ1v) is 7.98. The first-order chi connectivity index (χ1) is 10.2. The van der Waals surface area contributed by atoms with Crippen LogP contribution in [0.3, 0.4) is 0 Å². The molecule has 2 heterocycles. The third-order valence-corrected chi connectivity index (χ3v) is 4.87. The number of para-hydroxylation sites is 1. The van der Waals surface area contributed by atoms with Crippen LogP contribution < -0.4 is 4.90 Å². The zero-order valence-electron chi connectivity index (χ0n) is 12.4. The molecule has 0 radical (unpaired) electrons. The molecule has 0 bridgehead atoms. The highest BCUT2D eigenvalue weighted by Gasteiger charge is 2.25. The number of aromatic nitrogens is 1. The van der Waals surface area contributed by atoms with E-state index in [1.165, 1.54) is 11.3 Å². The van der Waals surface area contributed by atoms with E-state index in [-0.39, 0.29) is 6.61 Å². The minimum absolute atomic E-state index is 0.0153. The van der Waals surface area contributed by atoms with E-state index >= 15 is 0 Å². The Kier molecular flexibility index (Phi) is 4.24. The van der Waals surface area contributed by atoms with E-state index in [1.807, 2.05) is 0 Å². The predicted octanol–water partition coefficient (Wildman–Crippen LogP) is 3.11. The number of aliphatic hydroxyl groups is 1. The quantitative estimate of drug-likeness (QED) is 0.942. The standard InChI is InChI=1S/C16H20N2O2S/c1-11-7-12-5-3-4-6-14(12)18(8-11)16-17-13(10-20-2)15(9-19)21-16/h3-6,11,19H,7-10H2,1-2H3. The zero-order valence-corrected chi connectivity index (χ0v) is 13.2. The summed E-state index contributed by atoms with van der Waals surface area (Å²) in [4.78, 5) is 7.85. The summed E-state index contributed by atoms with van der Waals surface area (Å²) in [5.41, 5.74) is 3.44. The van der Waals surface area contributed by atoms with E-state index in [4.69, 9.17) is 4.74 Å². The molecule has 21 heavy (non-hydrogen) atoms. The average molecular weight is 304 g/mol. The molecule has 1 aliphatic heterocycles. The highest BCUT2D eigenvalue weighted by atomic mass is 32.1. The van der Waals surface area contributed by atoms with Crippen molar-refractivity contribution in [1.82, 2.24) is 4.98 Å². The number of nitrogens with zero attached hydrogens (tertiary/aromatic N) is 2. The fraction of sp³-hybridized carbons (Fsp3) is 0.438. The van der Waals surface area contributed by atoms with E-state index in [2.05, 4.69) is 41.1 Å². The second kappa shape index (κ2) is 6.13. The van der Waals surface area contributed by atoms with Crippen molar-refractivity contribution in [2.75, 3.05) is 18.6 Å². The van der Waals surface area contributed by atoms with E-state index in [1.54, 1.807) is 18.4 Å². The van der Waals surface area contributed by atoms with Gasteiger partial charge in [-0.15, -0.1) is 0 Å². The molecule has 1 N–H and O–H groups in total. The fourth-order valence-electron chi connectivity index (χ4n) is 2.84. The molecule has 0 saturated carbocycles.